The summed E-state index contributed by atoms with van der Waals surface area (Å²) in [6.45, 7) is 8.00. The van der Waals surface area contributed by atoms with Crippen molar-refractivity contribution < 1.29 is 4.74 Å². The van der Waals surface area contributed by atoms with Crippen molar-refractivity contribution in [2.75, 3.05) is 13.7 Å². The molecule has 0 aliphatic rings. The van der Waals surface area contributed by atoms with E-state index in [0.717, 1.165) is 13.2 Å². The SMILES string of the molecule is COCC(C)(C)NCc1ccc(C)cc1. The number of aryl methyl sites for hydroxylation is 1. The van der Waals surface area contributed by atoms with E-state index < -0.39 is 0 Å². The van der Waals surface area contributed by atoms with Crippen LogP contribution in [-0.2, 0) is 11.3 Å². The minimum atomic E-state index is 0.0274. The third kappa shape index (κ3) is 4.45. The van der Waals surface area contributed by atoms with Gasteiger partial charge in [0, 0.05) is 19.2 Å². The molecule has 0 unspecified atom stereocenters. The van der Waals surface area contributed by atoms with Gasteiger partial charge in [0.15, 0.2) is 0 Å². The van der Waals surface area contributed by atoms with Crippen molar-refractivity contribution in [1.82, 2.24) is 5.32 Å². The van der Waals surface area contributed by atoms with Gasteiger partial charge in [-0.2, -0.15) is 0 Å². The van der Waals surface area contributed by atoms with Crippen molar-refractivity contribution in [3.8, 4) is 0 Å². The van der Waals surface area contributed by atoms with E-state index in [1.807, 2.05) is 0 Å². The average molecular weight is 207 g/mol. The van der Waals surface area contributed by atoms with E-state index in [0.29, 0.717) is 0 Å². The van der Waals surface area contributed by atoms with Crippen LogP contribution in [0, 0.1) is 6.92 Å². The Bertz CT molecular complexity index is 290. The Morgan fingerprint density at radius 2 is 1.80 bits per heavy atom. The number of hydrogen-bond donors (Lipinski definition) is 1. The number of benzene rings is 1. The van der Waals surface area contributed by atoms with E-state index in [4.69, 9.17) is 4.74 Å². The van der Waals surface area contributed by atoms with E-state index >= 15 is 0 Å². The monoisotopic (exact) mass is 207 g/mol. The molecule has 0 saturated carbocycles. The van der Waals surface area contributed by atoms with Crippen LogP contribution in [0.3, 0.4) is 0 Å². The average Bonchev–Trinajstić information content (AvgIpc) is 2.17. The zero-order valence-electron chi connectivity index (χ0n) is 10.1. The van der Waals surface area contributed by atoms with Crippen LogP contribution in [0.25, 0.3) is 0 Å². The summed E-state index contributed by atoms with van der Waals surface area (Å²) >= 11 is 0. The number of rotatable bonds is 5. The van der Waals surface area contributed by atoms with Crippen LogP contribution in [0.15, 0.2) is 24.3 Å². The van der Waals surface area contributed by atoms with Crippen molar-refractivity contribution in [3.05, 3.63) is 35.4 Å². The van der Waals surface area contributed by atoms with Gasteiger partial charge in [0.25, 0.3) is 0 Å². The van der Waals surface area contributed by atoms with Crippen molar-refractivity contribution >= 4 is 0 Å². The number of ether oxygens (including phenoxy) is 1. The second kappa shape index (κ2) is 5.29. The molecule has 0 amide bonds. The highest BCUT2D eigenvalue weighted by Gasteiger charge is 2.15. The molecule has 0 radical (unpaired) electrons. The van der Waals surface area contributed by atoms with Gasteiger partial charge in [-0.15, -0.1) is 0 Å². The first kappa shape index (κ1) is 12.2. The third-order valence-electron chi connectivity index (χ3n) is 2.40. The lowest BCUT2D eigenvalue weighted by Gasteiger charge is -2.25. The minimum absolute atomic E-state index is 0.0274. The second-order valence-electron chi connectivity index (χ2n) is 4.66. The number of hydrogen-bond acceptors (Lipinski definition) is 2. The molecule has 0 heterocycles. The Balaban J connectivity index is 2.46. The molecule has 2 heteroatoms. The first-order valence-corrected chi connectivity index (χ1v) is 5.33. The Hall–Kier alpha value is -0.860. The van der Waals surface area contributed by atoms with Gasteiger partial charge >= 0.3 is 0 Å². The fraction of sp³-hybridized carbons (Fsp3) is 0.538. The smallest absolute Gasteiger partial charge is 0.0639 e. The summed E-state index contributed by atoms with van der Waals surface area (Å²) in [6, 6.07) is 8.59. The maximum absolute atomic E-state index is 5.15. The van der Waals surface area contributed by atoms with Gasteiger partial charge in [-0.1, -0.05) is 29.8 Å². The van der Waals surface area contributed by atoms with Gasteiger partial charge in [-0.3, -0.25) is 0 Å². The molecule has 0 aliphatic heterocycles. The molecule has 0 aliphatic carbocycles. The van der Waals surface area contributed by atoms with Crippen molar-refractivity contribution in [1.29, 1.82) is 0 Å². The summed E-state index contributed by atoms with van der Waals surface area (Å²) in [5, 5.41) is 3.47. The Labute approximate surface area is 92.6 Å². The molecule has 1 aromatic rings. The second-order valence-corrected chi connectivity index (χ2v) is 4.66. The largest absolute Gasteiger partial charge is 0.383 e. The van der Waals surface area contributed by atoms with Gasteiger partial charge < -0.3 is 10.1 Å². The predicted octanol–water partition coefficient (Wildman–Crippen LogP) is 2.51. The summed E-state index contributed by atoms with van der Waals surface area (Å²) in [4.78, 5) is 0. The Morgan fingerprint density at radius 3 is 2.33 bits per heavy atom. The standard InChI is InChI=1S/C13H21NO/c1-11-5-7-12(8-6-11)9-14-13(2,3)10-15-4/h5-8,14H,9-10H2,1-4H3. The highest BCUT2D eigenvalue weighted by molar-refractivity contribution is 5.21. The molecule has 0 atom stereocenters. The van der Waals surface area contributed by atoms with Gasteiger partial charge in [0.05, 0.1) is 6.61 Å². The fourth-order valence-electron chi connectivity index (χ4n) is 1.46. The molecule has 15 heavy (non-hydrogen) atoms. The minimum Gasteiger partial charge on any atom is -0.383 e. The highest BCUT2D eigenvalue weighted by atomic mass is 16.5. The van der Waals surface area contributed by atoms with Crippen molar-refractivity contribution in [2.24, 2.45) is 0 Å². The van der Waals surface area contributed by atoms with Crippen LogP contribution in [0.2, 0.25) is 0 Å². The van der Waals surface area contributed by atoms with Crippen molar-refractivity contribution in [3.63, 3.8) is 0 Å². The molecule has 0 spiro atoms. The maximum atomic E-state index is 5.15. The van der Waals surface area contributed by atoms with Gasteiger partial charge in [-0.25, -0.2) is 0 Å². The molecule has 84 valence electrons. The van der Waals surface area contributed by atoms with Gasteiger partial charge in [0.2, 0.25) is 0 Å². The van der Waals surface area contributed by atoms with Crippen LogP contribution in [0.1, 0.15) is 25.0 Å². The summed E-state index contributed by atoms with van der Waals surface area (Å²) in [7, 11) is 1.73. The Morgan fingerprint density at radius 1 is 1.20 bits per heavy atom. The first-order valence-electron chi connectivity index (χ1n) is 5.33. The zero-order chi connectivity index (χ0) is 11.3. The summed E-state index contributed by atoms with van der Waals surface area (Å²) < 4.78 is 5.15. The van der Waals surface area contributed by atoms with Crippen LogP contribution in [0.5, 0.6) is 0 Å². The molecule has 1 N–H and O–H groups in total. The maximum Gasteiger partial charge on any atom is 0.0639 e. The van der Waals surface area contributed by atoms with E-state index in [1.165, 1.54) is 11.1 Å². The number of methoxy groups -OCH3 is 1. The summed E-state index contributed by atoms with van der Waals surface area (Å²) in [5.41, 5.74) is 2.64. The molecule has 1 rings (SSSR count). The summed E-state index contributed by atoms with van der Waals surface area (Å²) in [6.07, 6.45) is 0. The lowest BCUT2D eigenvalue weighted by atomic mass is 10.1. The van der Waals surface area contributed by atoms with E-state index in [1.54, 1.807) is 7.11 Å². The normalized spacial score (nSPS) is 11.7. The lowest BCUT2D eigenvalue weighted by Crippen LogP contribution is -2.42. The molecule has 0 aromatic heterocycles. The zero-order valence-corrected chi connectivity index (χ0v) is 10.1. The van der Waals surface area contributed by atoms with E-state index in [-0.39, 0.29) is 5.54 Å². The molecular weight excluding hydrogens is 186 g/mol. The van der Waals surface area contributed by atoms with Crippen LogP contribution < -0.4 is 5.32 Å². The van der Waals surface area contributed by atoms with E-state index in [2.05, 4.69) is 50.4 Å². The third-order valence-corrected chi connectivity index (χ3v) is 2.40. The molecule has 1 aromatic carbocycles. The molecule has 0 saturated heterocycles. The van der Waals surface area contributed by atoms with Crippen molar-refractivity contribution in [2.45, 2.75) is 32.9 Å². The molecule has 0 fully saturated rings. The van der Waals surface area contributed by atoms with Crippen LogP contribution >= 0.6 is 0 Å². The highest BCUT2D eigenvalue weighted by Crippen LogP contribution is 2.07. The van der Waals surface area contributed by atoms with Gasteiger partial charge in [0.1, 0.15) is 0 Å². The molecule has 2 nitrogen and oxygen atoms in total. The number of nitrogens with one attached hydrogen (secondary N) is 1. The fourth-order valence-corrected chi connectivity index (χ4v) is 1.46. The quantitative estimate of drug-likeness (QED) is 0.801. The first-order chi connectivity index (χ1) is 7.03. The predicted molar refractivity (Wildman–Crippen MR) is 64.0 cm³/mol. The topological polar surface area (TPSA) is 21.3 Å². The van der Waals surface area contributed by atoms with Crippen LogP contribution in [-0.4, -0.2) is 19.3 Å². The molecule has 0 bridgehead atoms. The Kier molecular flexibility index (Phi) is 4.30. The molecular formula is C13H21NO. The van der Waals surface area contributed by atoms with Gasteiger partial charge in [-0.05, 0) is 26.3 Å². The van der Waals surface area contributed by atoms with Crippen LogP contribution in [0.4, 0.5) is 0 Å². The summed E-state index contributed by atoms with van der Waals surface area (Å²) in [5.74, 6) is 0. The van der Waals surface area contributed by atoms with E-state index in [9.17, 15) is 0 Å². The lowest BCUT2D eigenvalue weighted by molar-refractivity contribution is 0.128.